The molecule has 0 spiro atoms. The van der Waals surface area contributed by atoms with Crippen LogP contribution in [-0.2, 0) is 9.84 Å². The highest BCUT2D eigenvalue weighted by atomic mass is 35.5. The number of sulfone groups is 1. The van der Waals surface area contributed by atoms with Gasteiger partial charge in [-0.2, -0.15) is 0 Å². The summed E-state index contributed by atoms with van der Waals surface area (Å²) in [5, 5.41) is 3.07. The van der Waals surface area contributed by atoms with Gasteiger partial charge in [0.1, 0.15) is 5.82 Å². The smallest absolute Gasteiger partial charge is 0.251 e. The number of carbonyl (C=O) groups is 1. The van der Waals surface area contributed by atoms with Crippen molar-refractivity contribution in [3.63, 3.8) is 0 Å². The maximum atomic E-state index is 13.4. The van der Waals surface area contributed by atoms with E-state index in [9.17, 15) is 17.6 Å². The van der Waals surface area contributed by atoms with Crippen LogP contribution in [0.15, 0.2) is 47.4 Å². The van der Waals surface area contributed by atoms with Crippen molar-refractivity contribution >= 4 is 27.3 Å². The first-order valence-electron chi connectivity index (χ1n) is 9.29. The third-order valence-electron chi connectivity index (χ3n) is 5.11. The number of nitrogens with one attached hydrogen (secondary N) is 1. The molecule has 1 N–H and O–H groups in total. The maximum Gasteiger partial charge on any atom is 0.251 e. The molecule has 0 saturated heterocycles. The minimum Gasteiger partial charge on any atom is -0.349 e. The van der Waals surface area contributed by atoms with Gasteiger partial charge < -0.3 is 5.32 Å². The van der Waals surface area contributed by atoms with E-state index in [1.165, 1.54) is 6.07 Å². The van der Waals surface area contributed by atoms with Gasteiger partial charge in [0, 0.05) is 16.6 Å². The molecule has 1 fully saturated rings. The van der Waals surface area contributed by atoms with Crippen molar-refractivity contribution in [2.45, 2.75) is 43.5 Å². The van der Waals surface area contributed by atoms with Crippen molar-refractivity contribution in [3.05, 3.63) is 64.4 Å². The molecular formula is C21H23ClFNO3S. The van der Waals surface area contributed by atoms with E-state index in [0.29, 0.717) is 17.7 Å². The van der Waals surface area contributed by atoms with Crippen molar-refractivity contribution in [2.24, 2.45) is 5.92 Å². The highest BCUT2D eigenvalue weighted by Gasteiger charge is 2.27. The molecule has 0 radical (unpaired) electrons. The summed E-state index contributed by atoms with van der Waals surface area (Å²) in [6, 6.07) is 10.7. The molecule has 3 rings (SSSR count). The van der Waals surface area contributed by atoms with Crippen LogP contribution in [0.3, 0.4) is 0 Å². The summed E-state index contributed by atoms with van der Waals surface area (Å²) in [6.07, 6.45) is 2.84. The fourth-order valence-corrected chi connectivity index (χ4v) is 5.66. The van der Waals surface area contributed by atoms with Crippen molar-refractivity contribution in [3.8, 4) is 0 Å². The number of aryl methyl sites for hydroxylation is 1. The number of amides is 1. The Balaban J connectivity index is 1.55. The van der Waals surface area contributed by atoms with Gasteiger partial charge in [0.25, 0.3) is 5.91 Å². The largest absolute Gasteiger partial charge is 0.349 e. The summed E-state index contributed by atoms with van der Waals surface area (Å²) in [7, 11) is -3.32. The molecule has 2 aromatic carbocycles. The quantitative estimate of drug-likeness (QED) is 0.767. The highest BCUT2D eigenvalue weighted by Crippen LogP contribution is 2.28. The lowest BCUT2D eigenvalue weighted by atomic mass is 9.87. The molecule has 7 heteroatoms. The van der Waals surface area contributed by atoms with Crippen molar-refractivity contribution in [2.75, 3.05) is 5.75 Å². The molecule has 2 aromatic rings. The molecule has 1 amide bonds. The molecule has 28 heavy (non-hydrogen) atoms. The zero-order chi connectivity index (χ0) is 20.3. The van der Waals surface area contributed by atoms with Crippen LogP contribution in [-0.4, -0.2) is 26.1 Å². The number of halogens is 2. The molecule has 1 saturated carbocycles. The second-order valence-corrected chi connectivity index (χ2v) is 9.92. The predicted molar refractivity (Wildman–Crippen MR) is 108 cm³/mol. The average Bonchev–Trinajstić information content (AvgIpc) is 2.62. The lowest BCUT2D eigenvalue weighted by Gasteiger charge is -2.29. The molecule has 0 atom stereocenters. The number of hydrogen-bond donors (Lipinski definition) is 1. The molecule has 0 aliphatic heterocycles. The van der Waals surface area contributed by atoms with Gasteiger partial charge in [0.05, 0.1) is 10.6 Å². The Morgan fingerprint density at radius 1 is 1.14 bits per heavy atom. The Kier molecular flexibility index (Phi) is 6.40. The van der Waals surface area contributed by atoms with Crippen LogP contribution in [0.5, 0.6) is 0 Å². The lowest BCUT2D eigenvalue weighted by Crippen LogP contribution is -2.38. The number of benzene rings is 2. The molecule has 4 nitrogen and oxygen atoms in total. The van der Waals surface area contributed by atoms with Crippen molar-refractivity contribution < 1.29 is 17.6 Å². The second kappa shape index (κ2) is 8.62. The summed E-state index contributed by atoms with van der Waals surface area (Å²) in [5.41, 5.74) is 1.11. The van der Waals surface area contributed by atoms with Gasteiger partial charge in [-0.05, 0) is 74.4 Å². The standard InChI is InChI=1S/C21H23ClFNO3S/c1-14-3-2-4-20(9-14)28(26,27)13-15-5-7-19(8-6-15)24-21(25)16-10-17(22)12-18(23)11-16/h2-4,9-12,15,19H,5-8,13H2,1H3,(H,24,25)/t15-,19+. The Morgan fingerprint density at radius 3 is 2.50 bits per heavy atom. The van der Waals surface area contributed by atoms with Crippen LogP contribution in [0.2, 0.25) is 5.02 Å². The fourth-order valence-electron chi connectivity index (χ4n) is 3.64. The highest BCUT2D eigenvalue weighted by molar-refractivity contribution is 7.91. The van der Waals surface area contributed by atoms with E-state index in [0.717, 1.165) is 30.5 Å². The Bertz CT molecular complexity index is 949. The molecule has 0 unspecified atom stereocenters. The Labute approximate surface area is 170 Å². The molecule has 0 heterocycles. The summed E-state index contributed by atoms with van der Waals surface area (Å²) in [6.45, 7) is 1.87. The lowest BCUT2D eigenvalue weighted by molar-refractivity contribution is 0.0922. The Morgan fingerprint density at radius 2 is 1.86 bits per heavy atom. The van der Waals surface area contributed by atoms with Crippen LogP contribution in [0.1, 0.15) is 41.6 Å². The van der Waals surface area contributed by atoms with E-state index in [1.54, 1.807) is 18.2 Å². The van der Waals surface area contributed by atoms with Gasteiger partial charge in [-0.1, -0.05) is 23.7 Å². The molecule has 150 valence electrons. The average molecular weight is 424 g/mol. The first-order chi connectivity index (χ1) is 13.2. The zero-order valence-corrected chi connectivity index (χ0v) is 17.2. The summed E-state index contributed by atoms with van der Waals surface area (Å²) in [4.78, 5) is 12.7. The van der Waals surface area contributed by atoms with Crippen LogP contribution in [0.4, 0.5) is 4.39 Å². The molecule has 1 aliphatic carbocycles. The molecule has 0 aromatic heterocycles. The van der Waals surface area contributed by atoms with Crippen molar-refractivity contribution in [1.82, 2.24) is 5.32 Å². The fraction of sp³-hybridized carbons (Fsp3) is 0.381. The normalized spacial score (nSPS) is 20.0. The van der Waals surface area contributed by atoms with Gasteiger partial charge in [0.15, 0.2) is 9.84 Å². The number of hydrogen-bond acceptors (Lipinski definition) is 3. The van der Waals surface area contributed by atoms with Gasteiger partial charge in [-0.25, -0.2) is 12.8 Å². The number of carbonyl (C=O) groups excluding carboxylic acids is 1. The van der Waals surface area contributed by atoms with Gasteiger partial charge in [0.2, 0.25) is 0 Å². The summed E-state index contributed by atoms with van der Waals surface area (Å²) in [5.74, 6) is -0.724. The van der Waals surface area contributed by atoms with Gasteiger partial charge >= 0.3 is 0 Å². The summed E-state index contributed by atoms with van der Waals surface area (Å²) >= 11 is 5.80. The van der Waals surface area contributed by atoms with E-state index in [1.807, 2.05) is 13.0 Å². The first-order valence-corrected chi connectivity index (χ1v) is 11.3. The second-order valence-electron chi connectivity index (χ2n) is 7.45. The first kappa shape index (κ1) is 20.8. The molecule has 0 bridgehead atoms. The maximum absolute atomic E-state index is 13.4. The van der Waals surface area contributed by atoms with E-state index in [-0.39, 0.29) is 34.2 Å². The van der Waals surface area contributed by atoms with Crippen LogP contribution < -0.4 is 5.32 Å². The number of rotatable bonds is 5. The SMILES string of the molecule is Cc1cccc(S(=O)(=O)C[C@H]2CC[C@@H](NC(=O)c3cc(F)cc(Cl)c3)CC2)c1. The van der Waals surface area contributed by atoms with E-state index >= 15 is 0 Å². The van der Waals surface area contributed by atoms with Gasteiger partial charge in [-0.15, -0.1) is 0 Å². The van der Waals surface area contributed by atoms with E-state index in [4.69, 9.17) is 11.6 Å². The van der Waals surface area contributed by atoms with Crippen LogP contribution in [0.25, 0.3) is 0 Å². The third-order valence-corrected chi connectivity index (χ3v) is 7.21. The van der Waals surface area contributed by atoms with Gasteiger partial charge in [-0.3, -0.25) is 4.79 Å². The van der Waals surface area contributed by atoms with Crippen LogP contribution in [0, 0.1) is 18.7 Å². The summed E-state index contributed by atoms with van der Waals surface area (Å²) < 4.78 is 38.7. The van der Waals surface area contributed by atoms with Crippen molar-refractivity contribution in [1.29, 1.82) is 0 Å². The zero-order valence-electron chi connectivity index (χ0n) is 15.6. The Hall–Kier alpha value is -1.92. The third kappa shape index (κ3) is 5.32. The van der Waals surface area contributed by atoms with E-state index in [2.05, 4.69) is 5.32 Å². The monoisotopic (exact) mass is 423 g/mol. The minimum atomic E-state index is -3.32. The molecular weight excluding hydrogens is 401 g/mol. The van der Waals surface area contributed by atoms with E-state index < -0.39 is 15.7 Å². The minimum absolute atomic E-state index is 0.0486. The topological polar surface area (TPSA) is 63.2 Å². The van der Waals surface area contributed by atoms with Crippen LogP contribution >= 0.6 is 11.6 Å². The predicted octanol–water partition coefficient (Wildman–Crippen LogP) is 4.55. The molecule has 1 aliphatic rings.